The summed E-state index contributed by atoms with van der Waals surface area (Å²) < 4.78 is 0. The SMILES string of the molecule is CCCCC=CC[SiH](Cl)I. The number of hydrogen-bond donors (Lipinski definition) is 0. The third-order valence-corrected chi connectivity index (χ3v) is 3.89. The first-order valence-corrected chi connectivity index (χ1v) is 10.4. The molecule has 0 N–H and O–H groups in total. The van der Waals surface area contributed by atoms with Crippen molar-refractivity contribution in [1.29, 1.82) is 0 Å². The van der Waals surface area contributed by atoms with Crippen molar-refractivity contribution >= 4 is 38.5 Å². The number of halogens is 2. The monoisotopic (exact) mass is 288 g/mol. The van der Waals surface area contributed by atoms with E-state index < -0.39 is 5.60 Å². The van der Waals surface area contributed by atoms with Crippen LogP contribution in [0.1, 0.15) is 26.2 Å². The van der Waals surface area contributed by atoms with E-state index in [1.165, 1.54) is 19.3 Å². The summed E-state index contributed by atoms with van der Waals surface area (Å²) in [5.41, 5.74) is -0.867. The number of hydrogen-bond acceptors (Lipinski definition) is 0. The first-order valence-electron chi connectivity index (χ1n) is 3.70. The molecule has 0 aromatic heterocycles. The van der Waals surface area contributed by atoms with Gasteiger partial charge in [0.15, 0.2) is 0 Å². The normalized spacial score (nSPS) is 14.3. The Balaban J connectivity index is 3.04. The summed E-state index contributed by atoms with van der Waals surface area (Å²) in [6.45, 7) is 2.21. The molecule has 3 heteroatoms. The molecule has 1 unspecified atom stereocenters. The second-order valence-corrected chi connectivity index (χ2v) is 11.8. The fourth-order valence-corrected chi connectivity index (χ4v) is 2.23. The van der Waals surface area contributed by atoms with Crippen LogP contribution in [-0.4, -0.2) is 5.60 Å². The summed E-state index contributed by atoms with van der Waals surface area (Å²) >= 11 is 8.22. The molecule has 0 aromatic rings. The van der Waals surface area contributed by atoms with Gasteiger partial charge in [0.2, 0.25) is 5.60 Å². The van der Waals surface area contributed by atoms with Gasteiger partial charge in [0.1, 0.15) is 0 Å². The third-order valence-electron chi connectivity index (χ3n) is 1.21. The van der Waals surface area contributed by atoms with Gasteiger partial charge in [0.05, 0.1) is 0 Å². The molecule has 0 heterocycles. The van der Waals surface area contributed by atoms with E-state index in [4.69, 9.17) is 11.1 Å². The summed E-state index contributed by atoms with van der Waals surface area (Å²) in [5.74, 6) is 0. The van der Waals surface area contributed by atoms with Crippen molar-refractivity contribution in [3.8, 4) is 0 Å². The lowest BCUT2D eigenvalue weighted by atomic mass is 10.2. The van der Waals surface area contributed by atoms with Crippen molar-refractivity contribution in [3.63, 3.8) is 0 Å². The van der Waals surface area contributed by atoms with Crippen LogP contribution in [0.2, 0.25) is 6.04 Å². The average Bonchev–Trinajstić information content (AvgIpc) is 1.87. The molecule has 0 spiro atoms. The molecule has 1 atom stereocenters. The molecule has 0 saturated carbocycles. The van der Waals surface area contributed by atoms with Gasteiger partial charge >= 0.3 is 0 Å². The van der Waals surface area contributed by atoms with Crippen LogP contribution in [0.3, 0.4) is 0 Å². The highest BCUT2D eigenvalue weighted by atomic mass is 127. The van der Waals surface area contributed by atoms with Crippen molar-refractivity contribution in [2.24, 2.45) is 0 Å². The molecule has 0 amide bonds. The van der Waals surface area contributed by atoms with Crippen LogP contribution < -0.4 is 0 Å². The zero-order chi connectivity index (χ0) is 7.82. The molecule has 0 aliphatic heterocycles. The largest absolute Gasteiger partial charge is 0.210 e. The first-order chi connectivity index (χ1) is 4.77. The first kappa shape index (κ1) is 11.0. The lowest BCUT2D eigenvalue weighted by Gasteiger charge is -1.90. The Labute approximate surface area is 82.6 Å². The fourth-order valence-electron chi connectivity index (χ4n) is 0.639. The van der Waals surface area contributed by atoms with E-state index in [0.29, 0.717) is 0 Å². The quantitative estimate of drug-likeness (QED) is 0.238. The van der Waals surface area contributed by atoms with E-state index in [1.54, 1.807) is 0 Å². The molecular formula is C7H14ClISi. The Kier molecular flexibility index (Phi) is 8.87. The number of unbranched alkanes of at least 4 members (excludes halogenated alkanes) is 2. The van der Waals surface area contributed by atoms with E-state index in [-0.39, 0.29) is 0 Å². The topological polar surface area (TPSA) is 0 Å². The van der Waals surface area contributed by atoms with Gasteiger partial charge in [-0.3, -0.25) is 0 Å². The molecule has 0 aromatic carbocycles. The maximum absolute atomic E-state index is 5.86. The third kappa shape index (κ3) is 8.98. The van der Waals surface area contributed by atoms with Crippen LogP contribution in [0.25, 0.3) is 0 Å². The van der Waals surface area contributed by atoms with Gasteiger partial charge in [0.25, 0.3) is 0 Å². The van der Waals surface area contributed by atoms with Crippen molar-refractivity contribution in [1.82, 2.24) is 0 Å². The minimum atomic E-state index is -0.867. The Bertz CT molecular complexity index is 93.6. The Morgan fingerprint density at radius 2 is 2.20 bits per heavy atom. The molecule has 60 valence electrons. The summed E-state index contributed by atoms with van der Waals surface area (Å²) in [6, 6.07) is 1.13. The van der Waals surface area contributed by atoms with Crippen LogP contribution in [0.4, 0.5) is 0 Å². The van der Waals surface area contributed by atoms with Gasteiger partial charge < -0.3 is 0 Å². The van der Waals surface area contributed by atoms with E-state index in [1.807, 2.05) is 0 Å². The summed E-state index contributed by atoms with van der Waals surface area (Å²) in [4.78, 5) is 0. The summed E-state index contributed by atoms with van der Waals surface area (Å²) in [5, 5.41) is 0. The van der Waals surface area contributed by atoms with Gasteiger partial charge in [-0.2, -0.15) is 11.1 Å². The second kappa shape index (κ2) is 8.08. The lowest BCUT2D eigenvalue weighted by molar-refractivity contribution is 0.814. The van der Waals surface area contributed by atoms with Gasteiger partial charge in [-0.05, 0) is 12.5 Å². The summed E-state index contributed by atoms with van der Waals surface area (Å²) in [7, 11) is 0. The lowest BCUT2D eigenvalue weighted by Crippen LogP contribution is -1.84. The van der Waals surface area contributed by atoms with Gasteiger partial charge in [0, 0.05) is 0 Å². The molecule has 0 nitrogen and oxygen atoms in total. The molecule has 0 fully saturated rings. The van der Waals surface area contributed by atoms with Crippen LogP contribution in [-0.2, 0) is 0 Å². The number of rotatable bonds is 5. The van der Waals surface area contributed by atoms with E-state index in [0.717, 1.165) is 6.04 Å². The molecule has 0 rings (SSSR count). The predicted molar refractivity (Wildman–Crippen MR) is 60.5 cm³/mol. The van der Waals surface area contributed by atoms with Crippen molar-refractivity contribution in [3.05, 3.63) is 12.2 Å². The van der Waals surface area contributed by atoms with Crippen molar-refractivity contribution in [2.75, 3.05) is 0 Å². The van der Waals surface area contributed by atoms with Crippen LogP contribution in [0, 0.1) is 0 Å². The van der Waals surface area contributed by atoms with E-state index >= 15 is 0 Å². The predicted octanol–water partition coefficient (Wildman–Crippen LogP) is 3.63. The highest BCUT2D eigenvalue weighted by Crippen LogP contribution is 2.07. The van der Waals surface area contributed by atoms with Crippen molar-refractivity contribution in [2.45, 2.75) is 32.2 Å². The second-order valence-electron chi connectivity index (χ2n) is 2.24. The van der Waals surface area contributed by atoms with Crippen molar-refractivity contribution < 1.29 is 0 Å². The average molecular weight is 289 g/mol. The Morgan fingerprint density at radius 1 is 1.50 bits per heavy atom. The van der Waals surface area contributed by atoms with Gasteiger partial charge in [-0.25, -0.2) is 0 Å². The Hall–Kier alpha value is 0.977. The van der Waals surface area contributed by atoms with E-state index in [2.05, 4.69) is 40.9 Å². The number of allylic oxidation sites excluding steroid dienone is 2. The molecule has 0 radical (unpaired) electrons. The molecule has 0 saturated heterocycles. The minimum absolute atomic E-state index is 0.867. The maximum atomic E-state index is 5.86. The van der Waals surface area contributed by atoms with Crippen LogP contribution in [0.5, 0.6) is 0 Å². The molecule has 10 heavy (non-hydrogen) atoms. The molecule has 0 aliphatic rings. The fraction of sp³-hybridized carbons (Fsp3) is 0.714. The maximum Gasteiger partial charge on any atom is 0.210 e. The van der Waals surface area contributed by atoms with Gasteiger partial charge in [-0.15, -0.1) is 21.8 Å². The molecular weight excluding hydrogens is 275 g/mol. The van der Waals surface area contributed by atoms with Gasteiger partial charge in [-0.1, -0.05) is 31.9 Å². The molecule has 0 bridgehead atoms. The van der Waals surface area contributed by atoms with E-state index in [9.17, 15) is 0 Å². The standard InChI is InChI=1S/C7H14ClISi/c1-2-3-4-5-6-7-10(8)9/h5-6,10H,2-4,7H2,1H3. The Morgan fingerprint density at radius 3 is 2.70 bits per heavy atom. The van der Waals surface area contributed by atoms with Crippen LogP contribution >= 0.6 is 32.9 Å². The smallest absolute Gasteiger partial charge is 0.157 e. The molecule has 0 aliphatic carbocycles. The zero-order valence-electron chi connectivity index (χ0n) is 6.32. The highest BCUT2D eigenvalue weighted by Gasteiger charge is 1.94. The minimum Gasteiger partial charge on any atom is -0.157 e. The zero-order valence-corrected chi connectivity index (χ0v) is 10.4. The summed E-state index contributed by atoms with van der Waals surface area (Å²) in [6.07, 6.45) is 8.31. The van der Waals surface area contributed by atoms with Crippen LogP contribution in [0.15, 0.2) is 12.2 Å². The highest BCUT2D eigenvalue weighted by molar-refractivity contribution is 14.1.